The fourth-order valence-electron chi connectivity index (χ4n) is 3.64. The van der Waals surface area contributed by atoms with E-state index in [4.69, 9.17) is 14.5 Å². The van der Waals surface area contributed by atoms with E-state index in [1.54, 1.807) is 7.11 Å². The molecule has 1 aliphatic rings. The molecule has 1 unspecified atom stereocenters. The van der Waals surface area contributed by atoms with Crippen LogP contribution in [0, 0.1) is 13.8 Å². The first kappa shape index (κ1) is 16.1. The Morgan fingerprint density at radius 1 is 1.28 bits per heavy atom. The van der Waals surface area contributed by atoms with Crippen LogP contribution in [0.15, 0.2) is 36.5 Å². The highest BCUT2D eigenvalue weighted by molar-refractivity contribution is 5.63. The maximum Gasteiger partial charge on any atom is 0.237 e. The molecule has 1 N–H and O–H groups in total. The topological polar surface area (TPSA) is 56.0 Å². The number of aromatic nitrogens is 2. The summed E-state index contributed by atoms with van der Waals surface area (Å²) in [6.07, 6.45) is 3.41. The zero-order valence-corrected chi connectivity index (χ0v) is 14.7. The molecule has 5 nitrogen and oxygen atoms in total. The normalized spacial score (nSPS) is 19.7. The van der Waals surface area contributed by atoms with Gasteiger partial charge in [-0.2, -0.15) is 0 Å². The van der Waals surface area contributed by atoms with E-state index >= 15 is 0 Å². The molecule has 4 rings (SSSR count). The van der Waals surface area contributed by atoms with Gasteiger partial charge < -0.3 is 19.0 Å². The lowest BCUT2D eigenvalue weighted by molar-refractivity contribution is -0.183. The van der Waals surface area contributed by atoms with Crippen LogP contribution in [0.2, 0.25) is 0 Å². The second-order valence-electron chi connectivity index (χ2n) is 6.52. The standard InChI is InChI=1S/C20H22N2O3/c1-13-14(2)22-11-15(12-23)17-9-10-20(24-3,16-7-5-4-6-8-16)25-18(17)19(22)21-13/h4-8,11,23H,9-10,12H2,1-3H3. The lowest BCUT2D eigenvalue weighted by Crippen LogP contribution is -2.39. The Hall–Kier alpha value is -2.37. The van der Waals surface area contributed by atoms with Gasteiger partial charge in [-0.05, 0) is 20.3 Å². The molecule has 0 saturated heterocycles. The minimum absolute atomic E-state index is 0.0242. The van der Waals surface area contributed by atoms with Gasteiger partial charge in [-0.3, -0.25) is 0 Å². The van der Waals surface area contributed by atoms with Crippen LogP contribution in [0.5, 0.6) is 5.75 Å². The summed E-state index contributed by atoms with van der Waals surface area (Å²) in [5.41, 5.74) is 5.65. The Morgan fingerprint density at radius 2 is 2.04 bits per heavy atom. The number of rotatable bonds is 3. The molecule has 130 valence electrons. The molecule has 0 radical (unpaired) electrons. The summed E-state index contributed by atoms with van der Waals surface area (Å²) in [5, 5.41) is 9.83. The van der Waals surface area contributed by atoms with E-state index in [1.165, 1.54) is 0 Å². The number of imidazole rings is 1. The number of hydrogen-bond donors (Lipinski definition) is 1. The number of pyridine rings is 1. The van der Waals surface area contributed by atoms with E-state index in [2.05, 4.69) is 0 Å². The van der Waals surface area contributed by atoms with Crippen LogP contribution in [0.25, 0.3) is 5.65 Å². The van der Waals surface area contributed by atoms with E-state index in [9.17, 15) is 5.11 Å². The molecule has 0 fully saturated rings. The number of aliphatic hydroxyl groups is 1. The zero-order valence-electron chi connectivity index (χ0n) is 14.7. The highest BCUT2D eigenvalue weighted by Crippen LogP contribution is 2.43. The number of methoxy groups -OCH3 is 1. The number of ether oxygens (including phenoxy) is 2. The van der Waals surface area contributed by atoms with E-state index in [0.29, 0.717) is 12.2 Å². The monoisotopic (exact) mass is 338 g/mol. The third kappa shape index (κ3) is 2.34. The highest BCUT2D eigenvalue weighted by atomic mass is 16.7. The van der Waals surface area contributed by atoms with Crippen molar-refractivity contribution in [1.82, 2.24) is 9.38 Å². The van der Waals surface area contributed by atoms with Gasteiger partial charge in [0, 0.05) is 42.1 Å². The van der Waals surface area contributed by atoms with Gasteiger partial charge in [-0.25, -0.2) is 4.98 Å². The summed E-state index contributed by atoms with van der Waals surface area (Å²) in [6.45, 7) is 3.98. The largest absolute Gasteiger partial charge is 0.454 e. The number of benzene rings is 1. The van der Waals surface area contributed by atoms with E-state index in [0.717, 1.165) is 40.1 Å². The Bertz CT molecular complexity index is 933. The minimum Gasteiger partial charge on any atom is -0.454 e. The van der Waals surface area contributed by atoms with Gasteiger partial charge in [-0.1, -0.05) is 30.3 Å². The quantitative estimate of drug-likeness (QED) is 0.796. The number of aliphatic hydroxyl groups excluding tert-OH is 1. The van der Waals surface area contributed by atoms with E-state index in [1.807, 2.05) is 54.8 Å². The van der Waals surface area contributed by atoms with E-state index < -0.39 is 5.79 Å². The molecule has 0 saturated carbocycles. The lowest BCUT2D eigenvalue weighted by Gasteiger charge is -2.38. The predicted octanol–water partition coefficient (Wildman–Crippen LogP) is 3.27. The SMILES string of the molecule is COC1(c2ccccc2)CCc2c(CO)cn3c(C)c(C)nc3c2O1. The molecule has 2 aromatic heterocycles. The van der Waals surface area contributed by atoms with Crippen molar-refractivity contribution in [1.29, 1.82) is 0 Å². The molecule has 1 aromatic carbocycles. The maximum absolute atomic E-state index is 9.83. The fourth-order valence-corrected chi connectivity index (χ4v) is 3.64. The summed E-state index contributed by atoms with van der Waals surface area (Å²) < 4.78 is 14.3. The Kier molecular flexibility index (Phi) is 3.78. The molecule has 5 heteroatoms. The Balaban J connectivity index is 1.94. The van der Waals surface area contributed by atoms with Crippen LogP contribution in [0.3, 0.4) is 0 Å². The first-order valence-corrected chi connectivity index (χ1v) is 8.50. The second-order valence-corrected chi connectivity index (χ2v) is 6.52. The minimum atomic E-state index is -0.837. The van der Waals surface area contributed by atoms with Gasteiger partial charge in [0.15, 0.2) is 11.4 Å². The van der Waals surface area contributed by atoms with Crippen molar-refractivity contribution in [3.05, 3.63) is 64.6 Å². The van der Waals surface area contributed by atoms with Crippen molar-refractivity contribution < 1.29 is 14.6 Å². The van der Waals surface area contributed by atoms with Crippen molar-refractivity contribution >= 4 is 5.65 Å². The summed E-state index contributed by atoms with van der Waals surface area (Å²) >= 11 is 0. The first-order chi connectivity index (χ1) is 12.1. The van der Waals surface area contributed by atoms with Crippen molar-refractivity contribution in [2.24, 2.45) is 0 Å². The second kappa shape index (κ2) is 5.86. The molecule has 3 aromatic rings. The summed E-state index contributed by atoms with van der Waals surface area (Å²) in [7, 11) is 1.67. The Morgan fingerprint density at radius 3 is 2.72 bits per heavy atom. The first-order valence-electron chi connectivity index (χ1n) is 8.50. The maximum atomic E-state index is 9.83. The van der Waals surface area contributed by atoms with Gasteiger partial charge in [-0.15, -0.1) is 0 Å². The van der Waals surface area contributed by atoms with Gasteiger partial charge in [0.25, 0.3) is 0 Å². The third-order valence-electron chi connectivity index (χ3n) is 5.22. The molecular weight excluding hydrogens is 316 g/mol. The molecule has 0 bridgehead atoms. The lowest BCUT2D eigenvalue weighted by atomic mass is 9.92. The van der Waals surface area contributed by atoms with Crippen LogP contribution >= 0.6 is 0 Å². The van der Waals surface area contributed by atoms with Crippen LogP contribution in [0.1, 0.15) is 34.5 Å². The molecule has 0 aliphatic carbocycles. The molecule has 0 spiro atoms. The molecular formula is C20H22N2O3. The molecule has 0 amide bonds. The van der Waals surface area contributed by atoms with Crippen molar-refractivity contribution in [2.75, 3.05) is 7.11 Å². The molecule has 1 atom stereocenters. The summed E-state index contributed by atoms with van der Waals surface area (Å²) in [6, 6.07) is 9.98. The van der Waals surface area contributed by atoms with Crippen molar-refractivity contribution in [3.8, 4) is 5.75 Å². The number of nitrogens with zero attached hydrogens (tertiary/aromatic N) is 2. The highest BCUT2D eigenvalue weighted by Gasteiger charge is 2.40. The number of aryl methyl sites for hydroxylation is 2. The van der Waals surface area contributed by atoms with Crippen LogP contribution in [0.4, 0.5) is 0 Å². The zero-order chi connectivity index (χ0) is 17.6. The average molecular weight is 338 g/mol. The molecule has 25 heavy (non-hydrogen) atoms. The number of fused-ring (bicyclic) bond motifs is 3. The Labute approximate surface area is 146 Å². The van der Waals surface area contributed by atoms with Crippen LogP contribution < -0.4 is 4.74 Å². The number of hydrogen-bond acceptors (Lipinski definition) is 4. The van der Waals surface area contributed by atoms with Gasteiger partial charge >= 0.3 is 0 Å². The summed E-state index contributed by atoms with van der Waals surface area (Å²) in [5.74, 6) is -0.129. The van der Waals surface area contributed by atoms with Crippen molar-refractivity contribution in [3.63, 3.8) is 0 Å². The summed E-state index contributed by atoms with van der Waals surface area (Å²) in [4.78, 5) is 4.70. The fraction of sp³-hybridized carbons (Fsp3) is 0.350. The molecule has 1 aliphatic heterocycles. The van der Waals surface area contributed by atoms with Crippen molar-refractivity contribution in [2.45, 2.75) is 39.1 Å². The van der Waals surface area contributed by atoms with Gasteiger partial charge in [0.2, 0.25) is 5.79 Å². The smallest absolute Gasteiger partial charge is 0.237 e. The average Bonchev–Trinajstić information content (AvgIpc) is 2.96. The van der Waals surface area contributed by atoms with Crippen LogP contribution in [-0.2, 0) is 23.6 Å². The van der Waals surface area contributed by atoms with Gasteiger partial charge in [0.1, 0.15) is 0 Å². The molecule has 3 heterocycles. The van der Waals surface area contributed by atoms with Gasteiger partial charge in [0.05, 0.1) is 12.3 Å². The van der Waals surface area contributed by atoms with Crippen LogP contribution in [-0.4, -0.2) is 21.6 Å². The third-order valence-corrected chi connectivity index (χ3v) is 5.22. The predicted molar refractivity (Wildman–Crippen MR) is 94.7 cm³/mol. The van der Waals surface area contributed by atoms with E-state index in [-0.39, 0.29) is 6.61 Å².